The Morgan fingerprint density at radius 1 is 1.40 bits per heavy atom. The molecular formula is C15H24N2O2S. The number of benzene rings is 1. The van der Waals surface area contributed by atoms with E-state index >= 15 is 0 Å². The van der Waals surface area contributed by atoms with Crippen molar-refractivity contribution in [3.8, 4) is 11.5 Å². The van der Waals surface area contributed by atoms with Crippen LogP contribution in [0.1, 0.15) is 18.5 Å². The predicted octanol–water partition coefficient (Wildman–Crippen LogP) is 2.14. The van der Waals surface area contributed by atoms with Crippen molar-refractivity contribution < 1.29 is 9.47 Å². The number of hydrogen-bond acceptors (Lipinski definition) is 5. The smallest absolute Gasteiger partial charge is 0.123 e. The van der Waals surface area contributed by atoms with Crippen LogP contribution < -0.4 is 15.2 Å². The molecule has 0 aromatic heterocycles. The second-order valence-electron chi connectivity index (χ2n) is 5.02. The molecule has 2 N–H and O–H groups in total. The lowest BCUT2D eigenvalue weighted by Crippen LogP contribution is -2.45. The van der Waals surface area contributed by atoms with Gasteiger partial charge in [-0.15, -0.1) is 0 Å². The van der Waals surface area contributed by atoms with E-state index in [1.807, 2.05) is 30.0 Å². The van der Waals surface area contributed by atoms with Gasteiger partial charge in [-0.25, -0.2) is 0 Å². The summed E-state index contributed by atoms with van der Waals surface area (Å²) in [5.74, 6) is 4.04. The first-order valence-electron chi connectivity index (χ1n) is 6.96. The minimum absolute atomic E-state index is 0.177. The fourth-order valence-electron chi connectivity index (χ4n) is 2.74. The lowest BCUT2D eigenvalue weighted by atomic mass is 10.0. The molecule has 20 heavy (non-hydrogen) atoms. The molecule has 112 valence electrons. The third kappa shape index (κ3) is 3.22. The SMILES string of the molecule is COc1ccc(OC)c(C(CN)N2CCSCC2C)c1. The van der Waals surface area contributed by atoms with Crippen LogP contribution in [0.5, 0.6) is 11.5 Å². The highest BCUT2D eigenvalue weighted by molar-refractivity contribution is 7.99. The zero-order valence-electron chi connectivity index (χ0n) is 12.5. The number of nitrogens with two attached hydrogens (primary N) is 1. The van der Waals surface area contributed by atoms with Crippen LogP contribution in [0.25, 0.3) is 0 Å². The van der Waals surface area contributed by atoms with Crippen LogP contribution in [-0.2, 0) is 0 Å². The van der Waals surface area contributed by atoms with E-state index in [0.717, 1.165) is 35.1 Å². The van der Waals surface area contributed by atoms with Gasteiger partial charge >= 0.3 is 0 Å². The zero-order valence-corrected chi connectivity index (χ0v) is 13.3. The molecule has 1 aromatic carbocycles. The summed E-state index contributed by atoms with van der Waals surface area (Å²) in [5.41, 5.74) is 7.19. The molecule has 0 amide bonds. The molecule has 2 rings (SSSR count). The molecule has 0 bridgehead atoms. The van der Waals surface area contributed by atoms with Gasteiger partial charge in [-0.3, -0.25) is 4.90 Å². The summed E-state index contributed by atoms with van der Waals surface area (Å²) in [5, 5.41) is 0. The molecule has 1 saturated heterocycles. The Hall–Kier alpha value is -0.910. The third-order valence-electron chi connectivity index (χ3n) is 3.84. The maximum Gasteiger partial charge on any atom is 0.123 e. The number of ether oxygens (including phenoxy) is 2. The van der Waals surface area contributed by atoms with Gasteiger partial charge < -0.3 is 15.2 Å². The minimum atomic E-state index is 0.177. The van der Waals surface area contributed by atoms with E-state index in [1.54, 1.807) is 14.2 Å². The van der Waals surface area contributed by atoms with Crippen LogP contribution >= 0.6 is 11.8 Å². The monoisotopic (exact) mass is 296 g/mol. The van der Waals surface area contributed by atoms with Crippen molar-refractivity contribution >= 4 is 11.8 Å². The first-order valence-corrected chi connectivity index (χ1v) is 8.12. The van der Waals surface area contributed by atoms with E-state index in [2.05, 4.69) is 11.8 Å². The average Bonchev–Trinajstić information content (AvgIpc) is 2.49. The normalized spacial score (nSPS) is 21.5. The zero-order chi connectivity index (χ0) is 14.5. The van der Waals surface area contributed by atoms with Gasteiger partial charge in [0.1, 0.15) is 11.5 Å². The van der Waals surface area contributed by atoms with Crippen molar-refractivity contribution in [2.75, 3.05) is 38.8 Å². The molecule has 1 aliphatic rings. The molecule has 1 heterocycles. The largest absolute Gasteiger partial charge is 0.497 e. The van der Waals surface area contributed by atoms with Crippen LogP contribution in [0.2, 0.25) is 0 Å². The van der Waals surface area contributed by atoms with E-state index in [4.69, 9.17) is 15.2 Å². The lowest BCUT2D eigenvalue weighted by Gasteiger charge is -2.39. The molecule has 0 aliphatic carbocycles. The summed E-state index contributed by atoms with van der Waals surface area (Å²) in [6, 6.07) is 6.63. The van der Waals surface area contributed by atoms with Gasteiger partial charge in [0, 0.05) is 36.2 Å². The molecule has 1 aromatic rings. The topological polar surface area (TPSA) is 47.7 Å². The van der Waals surface area contributed by atoms with E-state index in [-0.39, 0.29) is 6.04 Å². The van der Waals surface area contributed by atoms with E-state index < -0.39 is 0 Å². The van der Waals surface area contributed by atoms with Gasteiger partial charge in [0.2, 0.25) is 0 Å². The first-order chi connectivity index (χ1) is 9.71. The molecule has 2 atom stereocenters. The van der Waals surface area contributed by atoms with Crippen LogP contribution in [0.3, 0.4) is 0 Å². The van der Waals surface area contributed by atoms with Crippen molar-refractivity contribution in [2.24, 2.45) is 5.73 Å². The number of hydrogen-bond donors (Lipinski definition) is 1. The van der Waals surface area contributed by atoms with Gasteiger partial charge in [-0.1, -0.05) is 0 Å². The summed E-state index contributed by atoms with van der Waals surface area (Å²) in [6.07, 6.45) is 0. The van der Waals surface area contributed by atoms with Crippen molar-refractivity contribution in [1.82, 2.24) is 4.90 Å². The molecule has 0 saturated carbocycles. The third-order valence-corrected chi connectivity index (χ3v) is 5.03. The summed E-state index contributed by atoms with van der Waals surface area (Å²) in [7, 11) is 3.39. The van der Waals surface area contributed by atoms with Crippen molar-refractivity contribution in [3.63, 3.8) is 0 Å². The Labute approximate surface area is 125 Å². The van der Waals surface area contributed by atoms with Crippen LogP contribution in [0.15, 0.2) is 18.2 Å². The molecule has 1 aliphatic heterocycles. The molecule has 2 unspecified atom stereocenters. The van der Waals surface area contributed by atoms with Crippen LogP contribution in [0, 0.1) is 0 Å². The molecule has 1 fully saturated rings. The van der Waals surface area contributed by atoms with E-state index in [9.17, 15) is 0 Å². The Morgan fingerprint density at radius 2 is 2.20 bits per heavy atom. The van der Waals surface area contributed by atoms with Crippen molar-refractivity contribution in [3.05, 3.63) is 23.8 Å². The predicted molar refractivity (Wildman–Crippen MR) is 84.8 cm³/mol. The van der Waals surface area contributed by atoms with Gasteiger partial charge in [0.05, 0.1) is 20.3 Å². The quantitative estimate of drug-likeness (QED) is 0.902. The number of thioether (sulfide) groups is 1. The van der Waals surface area contributed by atoms with Gasteiger partial charge in [-0.2, -0.15) is 11.8 Å². The lowest BCUT2D eigenvalue weighted by molar-refractivity contribution is 0.163. The van der Waals surface area contributed by atoms with Gasteiger partial charge in [0.15, 0.2) is 0 Å². The van der Waals surface area contributed by atoms with Crippen LogP contribution in [0.4, 0.5) is 0 Å². The fourth-order valence-corrected chi connectivity index (χ4v) is 3.78. The highest BCUT2D eigenvalue weighted by Gasteiger charge is 2.28. The minimum Gasteiger partial charge on any atom is -0.497 e. The molecule has 4 nitrogen and oxygen atoms in total. The maximum absolute atomic E-state index is 6.07. The second kappa shape index (κ2) is 7.20. The van der Waals surface area contributed by atoms with Gasteiger partial charge in [-0.05, 0) is 25.1 Å². The first kappa shape index (κ1) is 15.5. The maximum atomic E-state index is 6.07. The highest BCUT2D eigenvalue weighted by Crippen LogP contribution is 2.34. The summed E-state index contributed by atoms with van der Waals surface area (Å²) in [4.78, 5) is 2.48. The summed E-state index contributed by atoms with van der Waals surface area (Å²) >= 11 is 2.01. The Bertz CT molecular complexity index is 442. The molecular weight excluding hydrogens is 272 g/mol. The van der Waals surface area contributed by atoms with Crippen molar-refractivity contribution in [1.29, 1.82) is 0 Å². The number of nitrogens with zero attached hydrogens (tertiary/aromatic N) is 1. The summed E-state index contributed by atoms with van der Waals surface area (Å²) < 4.78 is 10.9. The fraction of sp³-hybridized carbons (Fsp3) is 0.600. The summed E-state index contributed by atoms with van der Waals surface area (Å²) in [6.45, 7) is 3.91. The van der Waals surface area contributed by atoms with Crippen LogP contribution in [-0.4, -0.2) is 49.8 Å². The Kier molecular flexibility index (Phi) is 5.57. The standard InChI is InChI=1S/C15H24N2O2S/c1-11-10-20-7-6-17(11)14(9-16)13-8-12(18-2)4-5-15(13)19-3/h4-5,8,11,14H,6-7,9-10,16H2,1-3H3. The average molecular weight is 296 g/mol. The van der Waals surface area contributed by atoms with E-state index in [1.165, 1.54) is 0 Å². The molecule has 0 spiro atoms. The van der Waals surface area contributed by atoms with E-state index in [0.29, 0.717) is 12.6 Å². The highest BCUT2D eigenvalue weighted by atomic mass is 32.2. The second-order valence-corrected chi connectivity index (χ2v) is 6.17. The van der Waals surface area contributed by atoms with Crippen molar-refractivity contribution in [2.45, 2.75) is 19.0 Å². The molecule has 0 radical (unpaired) electrons. The number of methoxy groups -OCH3 is 2. The van der Waals surface area contributed by atoms with Gasteiger partial charge in [0.25, 0.3) is 0 Å². The molecule has 5 heteroatoms. The number of rotatable bonds is 5. The Balaban J connectivity index is 2.34. The Morgan fingerprint density at radius 3 is 2.80 bits per heavy atom.